The summed E-state index contributed by atoms with van der Waals surface area (Å²) in [5, 5.41) is 0. The molecule has 3 rings (SSSR count). The number of methoxy groups -OCH3 is 1. The number of alkyl halides is 1. The molecule has 0 spiro atoms. The molecule has 5 atom stereocenters. The van der Waals surface area contributed by atoms with E-state index in [0.29, 0.717) is 5.56 Å². The van der Waals surface area contributed by atoms with Gasteiger partial charge in [0.1, 0.15) is 18.3 Å². The van der Waals surface area contributed by atoms with Crippen molar-refractivity contribution in [1.29, 1.82) is 0 Å². The Morgan fingerprint density at radius 3 is 2.65 bits per heavy atom. The summed E-state index contributed by atoms with van der Waals surface area (Å²) >= 11 is 0. The van der Waals surface area contributed by atoms with Gasteiger partial charge in [-0.15, -0.1) is 0 Å². The van der Waals surface area contributed by atoms with Crippen LogP contribution in [-0.4, -0.2) is 47.1 Å². The van der Waals surface area contributed by atoms with Crippen molar-refractivity contribution in [1.82, 2.24) is 9.55 Å². The third-order valence-corrected chi connectivity index (χ3v) is 3.97. The highest BCUT2D eigenvalue weighted by Crippen LogP contribution is 2.43. The Balaban J connectivity index is 2.01. The van der Waals surface area contributed by atoms with Gasteiger partial charge in [-0.25, -0.2) is 9.18 Å². The largest absolute Gasteiger partial charge is 0.349 e. The summed E-state index contributed by atoms with van der Waals surface area (Å²) in [4.78, 5) is 25.8. The average Bonchev–Trinajstić information content (AvgIpc) is 2.95. The van der Waals surface area contributed by atoms with Crippen LogP contribution in [0, 0.1) is 6.92 Å². The Kier molecular flexibility index (Phi) is 3.91. The van der Waals surface area contributed by atoms with E-state index in [9.17, 15) is 14.0 Å². The van der Waals surface area contributed by atoms with Crippen molar-refractivity contribution in [2.75, 3.05) is 7.11 Å². The van der Waals surface area contributed by atoms with E-state index in [0.717, 1.165) is 0 Å². The lowest BCUT2D eigenvalue weighted by Crippen LogP contribution is -2.38. The van der Waals surface area contributed by atoms with Gasteiger partial charge in [-0.05, 0) is 20.8 Å². The predicted octanol–water partition coefficient (Wildman–Crippen LogP) is 0.205. The molecule has 1 aromatic heterocycles. The van der Waals surface area contributed by atoms with E-state index < -0.39 is 47.9 Å². The van der Waals surface area contributed by atoms with Crippen molar-refractivity contribution in [2.45, 2.75) is 57.5 Å². The van der Waals surface area contributed by atoms with E-state index in [1.54, 1.807) is 20.8 Å². The van der Waals surface area contributed by atoms with Crippen LogP contribution < -0.4 is 11.2 Å². The normalized spacial score (nSPS) is 33.6. The van der Waals surface area contributed by atoms with Gasteiger partial charge in [0.25, 0.3) is 5.56 Å². The molecule has 128 valence electrons. The van der Waals surface area contributed by atoms with Crippen LogP contribution in [-0.2, 0) is 18.9 Å². The molecular weight excluding hydrogens is 311 g/mol. The molecule has 0 bridgehead atoms. The summed E-state index contributed by atoms with van der Waals surface area (Å²) in [6.07, 6.45) is -3.78. The molecule has 0 saturated carbocycles. The van der Waals surface area contributed by atoms with Crippen molar-refractivity contribution in [3.05, 3.63) is 32.6 Å². The number of ether oxygens (including phenoxy) is 4. The fourth-order valence-corrected chi connectivity index (χ4v) is 2.95. The van der Waals surface area contributed by atoms with Crippen LogP contribution in [0.3, 0.4) is 0 Å². The number of fused-ring (bicyclic) bond motifs is 1. The summed E-state index contributed by atoms with van der Waals surface area (Å²) in [6, 6.07) is 0. The topological polar surface area (TPSA) is 91.8 Å². The lowest BCUT2D eigenvalue weighted by Gasteiger charge is -2.25. The lowest BCUT2D eigenvalue weighted by atomic mass is 10.1. The molecule has 0 radical (unpaired) electrons. The second-order valence-electron chi connectivity index (χ2n) is 6.12. The van der Waals surface area contributed by atoms with Crippen LogP contribution in [0.25, 0.3) is 0 Å². The minimum Gasteiger partial charge on any atom is -0.349 e. The monoisotopic (exact) mass is 330 g/mol. The summed E-state index contributed by atoms with van der Waals surface area (Å²) < 4.78 is 37.0. The van der Waals surface area contributed by atoms with E-state index in [4.69, 9.17) is 18.9 Å². The quantitative estimate of drug-likeness (QED) is 0.851. The van der Waals surface area contributed by atoms with E-state index in [1.807, 2.05) is 0 Å². The fourth-order valence-electron chi connectivity index (χ4n) is 2.95. The van der Waals surface area contributed by atoms with E-state index in [-0.39, 0.29) is 0 Å². The lowest BCUT2D eigenvalue weighted by molar-refractivity contribution is -0.222. The molecular formula is C14H19FN2O6. The highest BCUT2D eigenvalue weighted by molar-refractivity contribution is 5.05. The van der Waals surface area contributed by atoms with Gasteiger partial charge in [-0.3, -0.25) is 14.3 Å². The van der Waals surface area contributed by atoms with Gasteiger partial charge in [-0.1, -0.05) is 0 Å². The van der Waals surface area contributed by atoms with Crippen LogP contribution in [0.4, 0.5) is 4.39 Å². The summed E-state index contributed by atoms with van der Waals surface area (Å²) in [7, 11) is 1.22. The van der Waals surface area contributed by atoms with Crippen molar-refractivity contribution >= 4 is 0 Å². The summed E-state index contributed by atoms with van der Waals surface area (Å²) in [6.45, 7) is 4.95. The van der Waals surface area contributed by atoms with Gasteiger partial charge in [0, 0.05) is 18.9 Å². The smallest absolute Gasteiger partial charge is 0.330 e. The third kappa shape index (κ3) is 2.74. The molecule has 2 aliphatic rings. The number of hydrogen-bond acceptors (Lipinski definition) is 6. The number of aromatic nitrogens is 2. The number of halogens is 1. The standard InChI is InChI=1S/C14H19FN2O6/c1-6-5-17(13(19)16-11(6)18)12-9-7(22-14(2,3)23-9)8(21-12)10(15)20-4/h5,7-10,12H,1-4H3,(H,16,18,19)/t7-,8+,9-,10+,12-/m1/s1. The second-order valence-corrected chi connectivity index (χ2v) is 6.12. The maximum Gasteiger partial charge on any atom is 0.330 e. The number of aryl methyl sites for hydroxylation is 1. The number of hydrogen-bond donors (Lipinski definition) is 1. The van der Waals surface area contributed by atoms with E-state index in [2.05, 4.69) is 4.98 Å². The molecule has 0 unspecified atom stereocenters. The molecule has 0 amide bonds. The van der Waals surface area contributed by atoms with Gasteiger partial charge in [0.2, 0.25) is 6.36 Å². The van der Waals surface area contributed by atoms with Crippen molar-refractivity contribution in [3.8, 4) is 0 Å². The first-order chi connectivity index (χ1) is 10.7. The Morgan fingerprint density at radius 1 is 1.35 bits per heavy atom. The number of nitrogens with one attached hydrogen (secondary N) is 1. The van der Waals surface area contributed by atoms with Gasteiger partial charge in [0.05, 0.1) is 0 Å². The molecule has 1 N–H and O–H groups in total. The van der Waals surface area contributed by atoms with Crippen LogP contribution in [0.1, 0.15) is 25.6 Å². The SMILES string of the molecule is CO[C@H](F)[C@H]1O[C@@H](n2cc(C)c(=O)[nH]c2=O)[C@@H]2OC(C)(C)O[C@@H]21. The fraction of sp³-hybridized carbons (Fsp3) is 0.714. The zero-order chi connectivity index (χ0) is 16.9. The minimum absolute atomic E-state index is 0.329. The van der Waals surface area contributed by atoms with E-state index in [1.165, 1.54) is 17.9 Å². The zero-order valence-corrected chi connectivity index (χ0v) is 13.2. The van der Waals surface area contributed by atoms with Crippen molar-refractivity contribution < 1.29 is 23.3 Å². The Bertz CT molecular complexity index is 714. The maximum absolute atomic E-state index is 14.0. The van der Waals surface area contributed by atoms with Gasteiger partial charge in [-0.2, -0.15) is 0 Å². The molecule has 9 heteroatoms. The maximum atomic E-state index is 14.0. The molecule has 2 aliphatic heterocycles. The second kappa shape index (κ2) is 5.52. The third-order valence-electron chi connectivity index (χ3n) is 3.97. The summed E-state index contributed by atoms with van der Waals surface area (Å²) in [5.74, 6) is -0.941. The Morgan fingerprint density at radius 2 is 2.00 bits per heavy atom. The van der Waals surface area contributed by atoms with Crippen LogP contribution in [0.15, 0.2) is 15.8 Å². The number of nitrogens with zero attached hydrogens (tertiary/aromatic N) is 1. The number of aromatic amines is 1. The van der Waals surface area contributed by atoms with Crippen molar-refractivity contribution in [3.63, 3.8) is 0 Å². The first kappa shape index (κ1) is 16.3. The molecule has 8 nitrogen and oxygen atoms in total. The zero-order valence-electron chi connectivity index (χ0n) is 13.2. The molecule has 2 fully saturated rings. The highest BCUT2D eigenvalue weighted by atomic mass is 19.1. The summed E-state index contributed by atoms with van der Waals surface area (Å²) in [5.41, 5.74) is -0.817. The molecule has 1 aromatic rings. The first-order valence-corrected chi connectivity index (χ1v) is 7.23. The Hall–Kier alpha value is -1.55. The van der Waals surface area contributed by atoms with Gasteiger partial charge >= 0.3 is 5.69 Å². The highest BCUT2D eigenvalue weighted by Gasteiger charge is 2.58. The molecule has 23 heavy (non-hydrogen) atoms. The molecule has 3 heterocycles. The van der Waals surface area contributed by atoms with Crippen LogP contribution >= 0.6 is 0 Å². The Labute approximate surface area is 131 Å². The van der Waals surface area contributed by atoms with Crippen molar-refractivity contribution in [2.24, 2.45) is 0 Å². The van der Waals surface area contributed by atoms with Gasteiger partial charge in [0.15, 0.2) is 12.0 Å². The minimum atomic E-state index is -1.73. The molecule has 0 aromatic carbocycles. The number of rotatable bonds is 3. The first-order valence-electron chi connectivity index (χ1n) is 7.23. The van der Waals surface area contributed by atoms with Crippen LogP contribution in [0.5, 0.6) is 0 Å². The predicted molar refractivity (Wildman–Crippen MR) is 75.7 cm³/mol. The number of H-pyrrole nitrogens is 1. The van der Waals surface area contributed by atoms with E-state index >= 15 is 0 Å². The van der Waals surface area contributed by atoms with Gasteiger partial charge < -0.3 is 18.9 Å². The van der Waals surface area contributed by atoms with Crippen LogP contribution in [0.2, 0.25) is 0 Å². The molecule has 0 aliphatic carbocycles. The molecule has 2 saturated heterocycles. The average molecular weight is 330 g/mol.